The van der Waals surface area contributed by atoms with Gasteiger partial charge in [-0.3, -0.25) is 4.79 Å². The van der Waals surface area contributed by atoms with Gasteiger partial charge in [-0.2, -0.15) is 0 Å². The molecule has 92 valence electrons. The van der Waals surface area contributed by atoms with Crippen molar-refractivity contribution < 1.29 is 4.79 Å². The van der Waals surface area contributed by atoms with Gasteiger partial charge in [0.2, 0.25) is 5.91 Å². The first-order valence-corrected chi connectivity index (χ1v) is 6.82. The molecule has 0 saturated heterocycles. The van der Waals surface area contributed by atoms with Crippen LogP contribution in [0.25, 0.3) is 0 Å². The Morgan fingerprint density at radius 1 is 1.35 bits per heavy atom. The standard InChI is InChI=1S/C13H17BrN2O/c14-10-4-3-7-12(8-10)15-9-13(17)16-11-5-1-2-6-11/h3-4,7-8,11,15H,1-2,5-6,9H2,(H,16,17). The van der Waals surface area contributed by atoms with Crippen LogP contribution in [0.2, 0.25) is 0 Å². The molecular weight excluding hydrogens is 280 g/mol. The molecule has 0 unspecified atom stereocenters. The first-order chi connectivity index (χ1) is 8.24. The van der Waals surface area contributed by atoms with Crippen molar-refractivity contribution >= 4 is 27.5 Å². The van der Waals surface area contributed by atoms with Gasteiger partial charge in [-0.05, 0) is 31.0 Å². The Kier molecular flexibility index (Phi) is 4.42. The first-order valence-electron chi connectivity index (χ1n) is 6.03. The first kappa shape index (κ1) is 12.4. The van der Waals surface area contributed by atoms with E-state index < -0.39 is 0 Å². The quantitative estimate of drug-likeness (QED) is 0.897. The van der Waals surface area contributed by atoms with Crippen molar-refractivity contribution in [1.82, 2.24) is 5.32 Å². The fourth-order valence-corrected chi connectivity index (χ4v) is 2.53. The summed E-state index contributed by atoms with van der Waals surface area (Å²) in [5.74, 6) is 0.0804. The molecule has 0 bridgehead atoms. The molecule has 2 rings (SSSR count). The van der Waals surface area contributed by atoms with Gasteiger partial charge in [0, 0.05) is 16.2 Å². The van der Waals surface area contributed by atoms with Gasteiger partial charge in [-0.15, -0.1) is 0 Å². The summed E-state index contributed by atoms with van der Waals surface area (Å²) in [6.07, 6.45) is 4.74. The highest BCUT2D eigenvalue weighted by atomic mass is 79.9. The molecule has 4 heteroatoms. The molecule has 3 nitrogen and oxygen atoms in total. The molecule has 2 N–H and O–H groups in total. The van der Waals surface area contributed by atoms with Crippen LogP contribution in [-0.2, 0) is 4.79 Å². The van der Waals surface area contributed by atoms with Crippen LogP contribution >= 0.6 is 15.9 Å². The molecule has 0 radical (unpaired) electrons. The summed E-state index contributed by atoms with van der Waals surface area (Å²) < 4.78 is 1.01. The van der Waals surface area contributed by atoms with E-state index in [1.54, 1.807) is 0 Å². The Balaban J connectivity index is 1.75. The Bertz CT molecular complexity index is 389. The van der Waals surface area contributed by atoms with Gasteiger partial charge in [-0.1, -0.05) is 34.8 Å². The number of carbonyl (C=O) groups is 1. The molecule has 17 heavy (non-hydrogen) atoms. The van der Waals surface area contributed by atoms with E-state index in [4.69, 9.17) is 0 Å². The molecule has 1 aliphatic rings. The van der Waals surface area contributed by atoms with Crippen molar-refractivity contribution in [2.45, 2.75) is 31.7 Å². The SMILES string of the molecule is O=C(CNc1cccc(Br)c1)NC1CCCC1. The minimum absolute atomic E-state index is 0.0804. The van der Waals surface area contributed by atoms with E-state index in [9.17, 15) is 4.79 Å². The Hall–Kier alpha value is -1.03. The second-order valence-corrected chi connectivity index (χ2v) is 5.33. The molecule has 1 aliphatic carbocycles. The van der Waals surface area contributed by atoms with Crippen LogP contribution in [0.15, 0.2) is 28.7 Å². The Morgan fingerprint density at radius 3 is 2.82 bits per heavy atom. The molecule has 0 aliphatic heterocycles. The summed E-state index contributed by atoms with van der Waals surface area (Å²) in [6, 6.07) is 8.22. The van der Waals surface area contributed by atoms with Crippen molar-refractivity contribution in [3.8, 4) is 0 Å². The van der Waals surface area contributed by atoms with Crippen LogP contribution in [-0.4, -0.2) is 18.5 Å². The van der Waals surface area contributed by atoms with Gasteiger partial charge >= 0.3 is 0 Å². The van der Waals surface area contributed by atoms with Gasteiger partial charge < -0.3 is 10.6 Å². The summed E-state index contributed by atoms with van der Waals surface area (Å²) >= 11 is 3.40. The van der Waals surface area contributed by atoms with E-state index in [0.717, 1.165) is 23.0 Å². The summed E-state index contributed by atoms with van der Waals surface area (Å²) in [7, 11) is 0. The number of hydrogen-bond donors (Lipinski definition) is 2. The normalized spacial score (nSPS) is 15.8. The predicted molar refractivity (Wildman–Crippen MR) is 73.0 cm³/mol. The van der Waals surface area contributed by atoms with E-state index in [1.807, 2.05) is 24.3 Å². The third-order valence-electron chi connectivity index (χ3n) is 3.00. The molecular formula is C13H17BrN2O. The lowest BCUT2D eigenvalue weighted by molar-refractivity contribution is -0.120. The summed E-state index contributed by atoms with van der Waals surface area (Å²) in [5.41, 5.74) is 0.959. The topological polar surface area (TPSA) is 41.1 Å². The monoisotopic (exact) mass is 296 g/mol. The number of rotatable bonds is 4. The smallest absolute Gasteiger partial charge is 0.239 e. The highest BCUT2D eigenvalue weighted by Crippen LogP contribution is 2.18. The molecule has 1 aromatic carbocycles. The van der Waals surface area contributed by atoms with Crippen molar-refractivity contribution in [2.75, 3.05) is 11.9 Å². The van der Waals surface area contributed by atoms with E-state index in [2.05, 4.69) is 26.6 Å². The maximum absolute atomic E-state index is 11.7. The maximum Gasteiger partial charge on any atom is 0.239 e. The molecule has 0 spiro atoms. The number of anilines is 1. The maximum atomic E-state index is 11.7. The number of benzene rings is 1. The Labute approximate surface area is 110 Å². The van der Waals surface area contributed by atoms with Crippen molar-refractivity contribution in [1.29, 1.82) is 0 Å². The molecule has 1 amide bonds. The third-order valence-corrected chi connectivity index (χ3v) is 3.49. The van der Waals surface area contributed by atoms with E-state index in [0.29, 0.717) is 12.6 Å². The number of carbonyl (C=O) groups excluding carboxylic acids is 1. The van der Waals surface area contributed by atoms with Gasteiger partial charge in [0.15, 0.2) is 0 Å². The largest absolute Gasteiger partial charge is 0.376 e. The van der Waals surface area contributed by atoms with Crippen molar-refractivity contribution in [3.63, 3.8) is 0 Å². The zero-order chi connectivity index (χ0) is 12.1. The molecule has 1 saturated carbocycles. The lowest BCUT2D eigenvalue weighted by Crippen LogP contribution is -2.36. The van der Waals surface area contributed by atoms with Crippen LogP contribution in [0, 0.1) is 0 Å². The molecule has 0 atom stereocenters. The fraction of sp³-hybridized carbons (Fsp3) is 0.462. The molecule has 1 aromatic rings. The molecule has 0 aromatic heterocycles. The van der Waals surface area contributed by atoms with Gasteiger partial charge in [0.25, 0.3) is 0 Å². The number of halogens is 1. The average molecular weight is 297 g/mol. The minimum atomic E-state index is 0.0804. The highest BCUT2D eigenvalue weighted by molar-refractivity contribution is 9.10. The zero-order valence-electron chi connectivity index (χ0n) is 9.71. The van der Waals surface area contributed by atoms with Crippen molar-refractivity contribution in [2.24, 2.45) is 0 Å². The van der Waals surface area contributed by atoms with Crippen LogP contribution < -0.4 is 10.6 Å². The zero-order valence-corrected chi connectivity index (χ0v) is 11.3. The fourth-order valence-electron chi connectivity index (χ4n) is 2.13. The van der Waals surface area contributed by atoms with Crippen LogP contribution in [0.5, 0.6) is 0 Å². The van der Waals surface area contributed by atoms with E-state index >= 15 is 0 Å². The number of amides is 1. The van der Waals surface area contributed by atoms with Crippen LogP contribution in [0.3, 0.4) is 0 Å². The summed E-state index contributed by atoms with van der Waals surface area (Å²) in [6.45, 7) is 0.340. The van der Waals surface area contributed by atoms with Crippen molar-refractivity contribution in [3.05, 3.63) is 28.7 Å². The molecule has 0 heterocycles. The molecule has 1 fully saturated rings. The second-order valence-electron chi connectivity index (χ2n) is 4.41. The number of nitrogens with one attached hydrogen (secondary N) is 2. The summed E-state index contributed by atoms with van der Waals surface area (Å²) in [5, 5.41) is 6.17. The second kappa shape index (κ2) is 6.05. The van der Waals surface area contributed by atoms with Crippen LogP contribution in [0.4, 0.5) is 5.69 Å². The third kappa shape index (κ3) is 4.04. The van der Waals surface area contributed by atoms with Crippen LogP contribution in [0.1, 0.15) is 25.7 Å². The number of hydrogen-bond acceptors (Lipinski definition) is 2. The van der Waals surface area contributed by atoms with Gasteiger partial charge in [0.1, 0.15) is 0 Å². The van der Waals surface area contributed by atoms with Gasteiger partial charge in [0.05, 0.1) is 6.54 Å². The van der Waals surface area contributed by atoms with E-state index in [-0.39, 0.29) is 5.91 Å². The Morgan fingerprint density at radius 2 is 2.12 bits per heavy atom. The van der Waals surface area contributed by atoms with E-state index in [1.165, 1.54) is 12.8 Å². The lowest BCUT2D eigenvalue weighted by atomic mass is 10.2. The summed E-state index contributed by atoms with van der Waals surface area (Å²) in [4.78, 5) is 11.7. The van der Waals surface area contributed by atoms with Gasteiger partial charge in [-0.25, -0.2) is 0 Å². The minimum Gasteiger partial charge on any atom is -0.376 e. The average Bonchev–Trinajstić information content (AvgIpc) is 2.79. The highest BCUT2D eigenvalue weighted by Gasteiger charge is 2.16. The predicted octanol–water partition coefficient (Wildman–Crippen LogP) is 2.92. The lowest BCUT2D eigenvalue weighted by Gasteiger charge is -2.12.